The Kier molecular flexibility index (Phi) is 3.92. The van der Waals surface area contributed by atoms with Crippen LogP contribution in [0.1, 0.15) is 42.5 Å². The average Bonchev–Trinajstić information content (AvgIpc) is 2.39. The van der Waals surface area contributed by atoms with Crippen molar-refractivity contribution in [3.63, 3.8) is 0 Å². The van der Waals surface area contributed by atoms with Gasteiger partial charge in [-0.3, -0.25) is 4.79 Å². The van der Waals surface area contributed by atoms with Crippen molar-refractivity contribution in [3.8, 4) is 0 Å². The molecule has 0 bridgehead atoms. The van der Waals surface area contributed by atoms with E-state index >= 15 is 0 Å². The van der Waals surface area contributed by atoms with E-state index in [1.165, 1.54) is 0 Å². The molecular weight excluding hydrogens is 216 g/mol. The van der Waals surface area contributed by atoms with Gasteiger partial charge in [-0.15, -0.1) is 0 Å². The van der Waals surface area contributed by atoms with Crippen LogP contribution in [0.3, 0.4) is 0 Å². The number of benzene rings is 1. The van der Waals surface area contributed by atoms with Gasteiger partial charge in [0.2, 0.25) is 0 Å². The molecule has 1 saturated heterocycles. The third-order valence-electron chi connectivity index (χ3n) is 2.79. The summed E-state index contributed by atoms with van der Waals surface area (Å²) in [6.07, 6.45) is 0.616. The summed E-state index contributed by atoms with van der Waals surface area (Å²) in [5.74, 6) is 0.168. The Morgan fingerprint density at radius 1 is 1.29 bits per heavy atom. The van der Waals surface area contributed by atoms with Gasteiger partial charge in [-0.1, -0.05) is 32.0 Å². The minimum atomic E-state index is -0.316. The molecule has 0 spiro atoms. The van der Waals surface area contributed by atoms with E-state index in [1.807, 2.05) is 38.1 Å². The summed E-state index contributed by atoms with van der Waals surface area (Å²) < 4.78 is 11.1. The van der Waals surface area contributed by atoms with E-state index in [4.69, 9.17) is 9.47 Å². The Labute approximate surface area is 102 Å². The molecule has 0 amide bonds. The topological polar surface area (TPSA) is 35.5 Å². The molecule has 1 heterocycles. The highest BCUT2D eigenvalue weighted by atomic mass is 16.7. The van der Waals surface area contributed by atoms with Crippen LogP contribution in [0.4, 0.5) is 0 Å². The summed E-state index contributed by atoms with van der Waals surface area (Å²) in [7, 11) is 0. The fraction of sp³-hybridized carbons (Fsp3) is 0.500. The third kappa shape index (κ3) is 2.93. The Hall–Kier alpha value is -1.19. The van der Waals surface area contributed by atoms with Crippen molar-refractivity contribution < 1.29 is 14.3 Å². The van der Waals surface area contributed by atoms with E-state index in [0.29, 0.717) is 13.2 Å². The molecule has 1 aromatic carbocycles. The Morgan fingerprint density at radius 2 is 2.00 bits per heavy atom. The molecule has 0 aliphatic carbocycles. The normalized spacial score (nSPS) is 17.4. The molecule has 1 aliphatic heterocycles. The first-order valence-electron chi connectivity index (χ1n) is 6.06. The van der Waals surface area contributed by atoms with E-state index < -0.39 is 0 Å². The van der Waals surface area contributed by atoms with Gasteiger partial charge in [0.05, 0.1) is 13.2 Å². The summed E-state index contributed by atoms with van der Waals surface area (Å²) in [6, 6.07) is 7.53. The molecular formula is C14H18O3. The molecule has 92 valence electrons. The van der Waals surface area contributed by atoms with Crippen LogP contribution in [0.5, 0.6) is 0 Å². The number of hydrogen-bond donors (Lipinski definition) is 0. The average molecular weight is 234 g/mol. The number of rotatable bonds is 3. The highest BCUT2D eigenvalue weighted by molar-refractivity contribution is 5.97. The molecule has 3 nitrogen and oxygen atoms in total. The van der Waals surface area contributed by atoms with Gasteiger partial charge in [-0.2, -0.15) is 0 Å². The highest BCUT2D eigenvalue weighted by Gasteiger charge is 2.18. The third-order valence-corrected chi connectivity index (χ3v) is 2.79. The van der Waals surface area contributed by atoms with E-state index in [2.05, 4.69) is 0 Å². The first-order valence-corrected chi connectivity index (χ1v) is 6.06. The molecule has 1 fully saturated rings. The van der Waals surface area contributed by atoms with Crippen LogP contribution in [-0.4, -0.2) is 19.0 Å². The second-order valence-electron chi connectivity index (χ2n) is 4.57. The first kappa shape index (κ1) is 12.3. The summed E-state index contributed by atoms with van der Waals surface area (Å²) >= 11 is 0. The maximum atomic E-state index is 11.9. The van der Waals surface area contributed by atoms with Gasteiger partial charge >= 0.3 is 0 Å². The zero-order valence-electron chi connectivity index (χ0n) is 10.3. The van der Waals surface area contributed by atoms with Gasteiger partial charge in [0, 0.05) is 17.0 Å². The smallest absolute Gasteiger partial charge is 0.183 e. The van der Waals surface area contributed by atoms with Crippen molar-refractivity contribution in [3.05, 3.63) is 35.4 Å². The van der Waals surface area contributed by atoms with Crippen LogP contribution >= 0.6 is 0 Å². The standard InChI is InChI=1S/C14H18O3/c1-10(2)13(15)11-5-3-6-12(9-11)14-16-7-4-8-17-14/h3,5-6,9-10,14H,4,7-8H2,1-2H3. The second-order valence-corrected chi connectivity index (χ2v) is 4.57. The summed E-state index contributed by atoms with van der Waals surface area (Å²) in [5.41, 5.74) is 1.66. The molecule has 17 heavy (non-hydrogen) atoms. The molecule has 2 rings (SSSR count). The molecule has 3 heteroatoms. The summed E-state index contributed by atoms with van der Waals surface area (Å²) in [5, 5.41) is 0. The molecule has 0 N–H and O–H groups in total. The van der Waals surface area contributed by atoms with Crippen molar-refractivity contribution in [1.29, 1.82) is 0 Å². The molecule has 0 aromatic heterocycles. The predicted octanol–water partition coefficient (Wildman–Crippen LogP) is 2.96. The first-order chi connectivity index (χ1) is 8.18. The van der Waals surface area contributed by atoms with E-state index in [9.17, 15) is 4.79 Å². The van der Waals surface area contributed by atoms with E-state index in [1.54, 1.807) is 0 Å². The molecule has 0 radical (unpaired) electrons. The van der Waals surface area contributed by atoms with Gasteiger partial charge in [-0.25, -0.2) is 0 Å². The largest absolute Gasteiger partial charge is 0.348 e. The number of carbonyl (C=O) groups excluding carboxylic acids is 1. The zero-order chi connectivity index (χ0) is 12.3. The molecule has 1 aromatic rings. The lowest BCUT2D eigenvalue weighted by Crippen LogP contribution is -2.18. The minimum Gasteiger partial charge on any atom is -0.348 e. The summed E-state index contributed by atoms with van der Waals surface area (Å²) in [4.78, 5) is 11.9. The monoisotopic (exact) mass is 234 g/mol. The van der Waals surface area contributed by atoms with E-state index in [0.717, 1.165) is 17.5 Å². The minimum absolute atomic E-state index is 0.0124. The quantitative estimate of drug-likeness (QED) is 0.754. The SMILES string of the molecule is CC(C)C(=O)c1cccc(C2OCCCO2)c1. The van der Waals surface area contributed by atoms with Crippen LogP contribution in [-0.2, 0) is 9.47 Å². The molecule has 0 unspecified atom stereocenters. The van der Waals surface area contributed by atoms with Gasteiger partial charge in [0.15, 0.2) is 12.1 Å². The number of ketones is 1. The van der Waals surface area contributed by atoms with Crippen molar-refractivity contribution in [2.45, 2.75) is 26.6 Å². The Bertz CT molecular complexity index is 392. The lowest BCUT2D eigenvalue weighted by Gasteiger charge is -2.23. The molecule has 1 aliphatic rings. The van der Waals surface area contributed by atoms with E-state index in [-0.39, 0.29) is 18.0 Å². The number of Topliss-reactive ketones (excluding diaryl/α,β-unsaturated/α-hetero) is 1. The van der Waals surface area contributed by atoms with Crippen molar-refractivity contribution in [1.82, 2.24) is 0 Å². The van der Waals surface area contributed by atoms with Crippen LogP contribution < -0.4 is 0 Å². The fourth-order valence-corrected chi connectivity index (χ4v) is 1.85. The Balaban J connectivity index is 2.18. The van der Waals surface area contributed by atoms with Crippen LogP contribution in [0.2, 0.25) is 0 Å². The predicted molar refractivity (Wildman–Crippen MR) is 64.9 cm³/mol. The van der Waals surface area contributed by atoms with Crippen LogP contribution in [0.15, 0.2) is 24.3 Å². The van der Waals surface area contributed by atoms with Crippen molar-refractivity contribution >= 4 is 5.78 Å². The Morgan fingerprint density at radius 3 is 2.65 bits per heavy atom. The lowest BCUT2D eigenvalue weighted by atomic mass is 9.99. The zero-order valence-corrected chi connectivity index (χ0v) is 10.3. The maximum absolute atomic E-state index is 11.9. The summed E-state index contributed by atoms with van der Waals surface area (Å²) in [6.45, 7) is 5.24. The van der Waals surface area contributed by atoms with Crippen LogP contribution in [0, 0.1) is 5.92 Å². The number of carbonyl (C=O) groups is 1. The van der Waals surface area contributed by atoms with Gasteiger partial charge in [-0.05, 0) is 12.5 Å². The maximum Gasteiger partial charge on any atom is 0.183 e. The van der Waals surface area contributed by atoms with Crippen molar-refractivity contribution in [2.24, 2.45) is 5.92 Å². The number of ether oxygens (including phenoxy) is 2. The van der Waals surface area contributed by atoms with Gasteiger partial charge in [0.25, 0.3) is 0 Å². The van der Waals surface area contributed by atoms with Crippen molar-refractivity contribution in [2.75, 3.05) is 13.2 Å². The molecule has 0 saturated carbocycles. The highest BCUT2D eigenvalue weighted by Crippen LogP contribution is 2.24. The lowest BCUT2D eigenvalue weighted by molar-refractivity contribution is -0.183. The number of hydrogen-bond acceptors (Lipinski definition) is 3. The second kappa shape index (κ2) is 5.43. The molecule has 0 atom stereocenters. The fourth-order valence-electron chi connectivity index (χ4n) is 1.85. The van der Waals surface area contributed by atoms with Gasteiger partial charge in [0.1, 0.15) is 0 Å². The van der Waals surface area contributed by atoms with Gasteiger partial charge < -0.3 is 9.47 Å². The van der Waals surface area contributed by atoms with Crippen LogP contribution in [0.25, 0.3) is 0 Å².